The van der Waals surface area contributed by atoms with Crippen LogP contribution in [0.15, 0.2) is 0 Å². The second kappa shape index (κ2) is 7.79. The molecular weight excluding hydrogens is 244 g/mol. The maximum Gasteiger partial charge on any atom is 0.0108 e. The van der Waals surface area contributed by atoms with Crippen LogP contribution in [0.25, 0.3) is 0 Å². The van der Waals surface area contributed by atoms with Crippen LogP contribution >= 0.6 is 0 Å². The van der Waals surface area contributed by atoms with Crippen molar-refractivity contribution in [2.45, 2.75) is 66.8 Å². The highest BCUT2D eigenvalue weighted by atomic mass is 15.1. The zero-order valence-electron chi connectivity index (χ0n) is 15.0. The largest absolute Gasteiger partial charge is 0.314 e. The van der Waals surface area contributed by atoms with E-state index in [-0.39, 0.29) is 0 Å². The molecule has 2 nitrogen and oxygen atoms in total. The van der Waals surface area contributed by atoms with Crippen molar-refractivity contribution < 1.29 is 0 Å². The minimum Gasteiger partial charge on any atom is -0.314 e. The van der Waals surface area contributed by atoms with Gasteiger partial charge < -0.3 is 10.2 Å². The summed E-state index contributed by atoms with van der Waals surface area (Å²) in [4.78, 5) is 2.55. The first-order chi connectivity index (χ1) is 9.24. The molecule has 0 aromatic carbocycles. The molecule has 3 unspecified atom stereocenters. The lowest BCUT2D eigenvalue weighted by atomic mass is 9.67. The van der Waals surface area contributed by atoms with Crippen molar-refractivity contribution in [3.05, 3.63) is 0 Å². The van der Waals surface area contributed by atoms with Crippen LogP contribution in [0, 0.1) is 23.2 Å². The molecule has 0 aromatic rings. The molecule has 1 rings (SSSR count). The minimum atomic E-state index is 0.464. The number of hydrogen-bond acceptors (Lipinski definition) is 2. The van der Waals surface area contributed by atoms with Gasteiger partial charge in [-0.25, -0.2) is 0 Å². The highest BCUT2D eigenvalue weighted by Gasteiger charge is 2.35. The summed E-state index contributed by atoms with van der Waals surface area (Å²) in [6, 6.07) is 0.730. The lowest BCUT2D eigenvalue weighted by Gasteiger charge is -2.43. The van der Waals surface area contributed by atoms with Gasteiger partial charge in [0.25, 0.3) is 0 Å². The molecule has 1 N–H and O–H groups in total. The number of nitrogens with zero attached hydrogens (tertiary/aromatic N) is 1. The van der Waals surface area contributed by atoms with Crippen LogP contribution in [0.4, 0.5) is 0 Å². The molecule has 3 atom stereocenters. The maximum absolute atomic E-state index is 3.74. The fourth-order valence-electron chi connectivity index (χ4n) is 3.88. The van der Waals surface area contributed by atoms with Crippen molar-refractivity contribution in [1.82, 2.24) is 10.2 Å². The predicted molar refractivity (Wildman–Crippen MR) is 90.1 cm³/mol. The fraction of sp³-hybridized carbons (Fsp3) is 1.00. The lowest BCUT2D eigenvalue weighted by molar-refractivity contribution is 0.0915. The molecule has 2 heteroatoms. The molecule has 0 aliphatic heterocycles. The SMILES string of the molecule is CCNC1CCC(C(C)(C)C)CC1CN(C)CC(C)C. The third-order valence-corrected chi connectivity index (χ3v) is 4.90. The molecule has 1 saturated carbocycles. The summed E-state index contributed by atoms with van der Waals surface area (Å²) >= 11 is 0. The molecule has 1 fully saturated rings. The Labute approximate surface area is 127 Å². The molecule has 1 aliphatic rings. The van der Waals surface area contributed by atoms with E-state index in [9.17, 15) is 0 Å². The highest BCUT2D eigenvalue weighted by molar-refractivity contribution is 4.90. The van der Waals surface area contributed by atoms with Gasteiger partial charge >= 0.3 is 0 Å². The lowest BCUT2D eigenvalue weighted by Crippen LogP contribution is -2.47. The van der Waals surface area contributed by atoms with Crippen LogP contribution in [-0.2, 0) is 0 Å². The Morgan fingerprint density at radius 2 is 1.85 bits per heavy atom. The molecule has 0 bridgehead atoms. The molecule has 0 spiro atoms. The van der Waals surface area contributed by atoms with Gasteiger partial charge in [-0.15, -0.1) is 0 Å². The van der Waals surface area contributed by atoms with E-state index < -0.39 is 0 Å². The van der Waals surface area contributed by atoms with E-state index in [1.165, 1.54) is 32.4 Å². The van der Waals surface area contributed by atoms with E-state index in [1.54, 1.807) is 0 Å². The fourth-order valence-corrected chi connectivity index (χ4v) is 3.88. The smallest absolute Gasteiger partial charge is 0.0108 e. The van der Waals surface area contributed by atoms with E-state index >= 15 is 0 Å². The number of nitrogens with one attached hydrogen (secondary N) is 1. The van der Waals surface area contributed by atoms with Crippen LogP contribution < -0.4 is 5.32 Å². The van der Waals surface area contributed by atoms with Crippen molar-refractivity contribution in [2.75, 3.05) is 26.7 Å². The second-order valence-electron chi connectivity index (χ2n) is 8.42. The summed E-state index contributed by atoms with van der Waals surface area (Å²) < 4.78 is 0. The third-order valence-electron chi connectivity index (χ3n) is 4.90. The van der Waals surface area contributed by atoms with Gasteiger partial charge in [-0.2, -0.15) is 0 Å². The molecule has 0 aromatic heterocycles. The maximum atomic E-state index is 3.74. The number of hydrogen-bond donors (Lipinski definition) is 1. The van der Waals surface area contributed by atoms with Crippen LogP contribution in [0.3, 0.4) is 0 Å². The average Bonchev–Trinajstić information content (AvgIpc) is 2.29. The quantitative estimate of drug-likeness (QED) is 0.791. The molecular formula is C18H38N2. The summed E-state index contributed by atoms with van der Waals surface area (Å²) in [5.74, 6) is 2.46. The highest BCUT2D eigenvalue weighted by Crippen LogP contribution is 2.40. The molecule has 120 valence electrons. The zero-order valence-corrected chi connectivity index (χ0v) is 15.0. The van der Waals surface area contributed by atoms with E-state index in [2.05, 4.69) is 58.8 Å². The summed E-state index contributed by atoms with van der Waals surface area (Å²) in [7, 11) is 2.30. The van der Waals surface area contributed by atoms with Crippen molar-refractivity contribution in [2.24, 2.45) is 23.2 Å². The molecule has 0 saturated heterocycles. The average molecular weight is 283 g/mol. The Hall–Kier alpha value is -0.0800. The second-order valence-corrected chi connectivity index (χ2v) is 8.42. The summed E-state index contributed by atoms with van der Waals surface area (Å²) in [5, 5.41) is 3.74. The van der Waals surface area contributed by atoms with E-state index in [0.717, 1.165) is 30.3 Å². The van der Waals surface area contributed by atoms with Gasteiger partial charge in [0.05, 0.1) is 0 Å². The standard InChI is InChI=1S/C18H38N2/c1-8-19-17-10-9-16(18(4,5)6)11-15(17)13-20(7)12-14(2)3/h14-17,19H,8-13H2,1-7H3. The van der Waals surface area contributed by atoms with Gasteiger partial charge in [-0.3, -0.25) is 0 Å². The molecule has 0 amide bonds. The van der Waals surface area contributed by atoms with E-state index in [1.807, 2.05) is 0 Å². The van der Waals surface area contributed by atoms with Gasteiger partial charge in [0, 0.05) is 19.1 Å². The van der Waals surface area contributed by atoms with Crippen LogP contribution in [0.1, 0.15) is 60.8 Å². The molecule has 1 aliphatic carbocycles. The van der Waals surface area contributed by atoms with Crippen molar-refractivity contribution >= 4 is 0 Å². The predicted octanol–water partition coefficient (Wildman–Crippen LogP) is 4.01. The topological polar surface area (TPSA) is 15.3 Å². The van der Waals surface area contributed by atoms with Crippen LogP contribution in [-0.4, -0.2) is 37.6 Å². The summed E-state index contributed by atoms with van der Waals surface area (Å²) in [6.07, 6.45) is 4.14. The Balaban J connectivity index is 2.63. The van der Waals surface area contributed by atoms with Gasteiger partial charge in [-0.05, 0) is 56.0 Å². The Kier molecular flexibility index (Phi) is 7.00. The Morgan fingerprint density at radius 3 is 2.35 bits per heavy atom. The van der Waals surface area contributed by atoms with E-state index in [0.29, 0.717) is 5.41 Å². The molecule has 20 heavy (non-hydrogen) atoms. The van der Waals surface area contributed by atoms with Crippen LogP contribution in [0.2, 0.25) is 0 Å². The Bertz CT molecular complexity index is 267. The van der Waals surface area contributed by atoms with Crippen molar-refractivity contribution in [3.8, 4) is 0 Å². The van der Waals surface area contributed by atoms with Crippen molar-refractivity contribution in [1.29, 1.82) is 0 Å². The van der Waals surface area contributed by atoms with Crippen molar-refractivity contribution in [3.63, 3.8) is 0 Å². The third kappa shape index (κ3) is 5.73. The first-order valence-corrected chi connectivity index (χ1v) is 8.66. The van der Waals surface area contributed by atoms with Gasteiger partial charge in [0.15, 0.2) is 0 Å². The summed E-state index contributed by atoms with van der Waals surface area (Å²) in [5.41, 5.74) is 0.464. The first-order valence-electron chi connectivity index (χ1n) is 8.66. The minimum absolute atomic E-state index is 0.464. The Morgan fingerprint density at radius 1 is 1.20 bits per heavy atom. The molecule has 0 radical (unpaired) electrons. The van der Waals surface area contributed by atoms with Crippen LogP contribution in [0.5, 0.6) is 0 Å². The first kappa shape index (κ1) is 18.0. The number of rotatable bonds is 6. The van der Waals surface area contributed by atoms with Gasteiger partial charge in [-0.1, -0.05) is 41.5 Å². The normalized spacial score (nSPS) is 28.4. The van der Waals surface area contributed by atoms with Gasteiger partial charge in [0.1, 0.15) is 0 Å². The monoisotopic (exact) mass is 282 g/mol. The molecule has 0 heterocycles. The zero-order chi connectivity index (χ0) is 15.3. The summed E-state index contributed by atoms with van der Waals surface area (Å²) in [6.45, 7) is 17.7. The van der Waals surface area contributed by atoms with E-state index in [4.69, 9.17) is 0 Å². The van der Waals surface area contributed by atoms with Gasteiger partial charge in [0.2, 0.25) is 0 Å².